The minimum atomic E-state index is -0.380. The fourth-order valence-corrected chi connectivity index (χ4v) is 3.59. The van der Waals surface area contributed by atoms with E-state index in [1.807, 2.05) is 17.5 Å². The molecule has 4 rings (SSSR count). The summed E-state index contributed by atoms with van der Waals surface area (Å²) >= 11 is 1.43. The van der Waals surface area contributed by atoms with E-state index in [9.17, 15) is 9.18 Å². The van der Waals surface area contributed by atoms with Gasteiger partial charge in [0.1, 0.15) is 11.6 Å². The van der Waals surface area contributed by atoms with Crippen molar-refractivity contribution in [2.24, 2.45) is 0 Å². The van der Waals surface area contributed by atoms with E-state index in [1.165, 1.54) is 23.5 Å². The first-order valence-corrected chi connectivity index (χ1v) is 9.20. The maximum Gasteiger partial charge on any atom is 0.264 e. The molecule has 3 aromatic rings. The molecule has 1 aromatic carbocycles. The number of amides is 1. The Balaban J connectivity index is 1.43. The van der Waals surface area contributed by atoms with Crippen LogP contribution in [0.1, 0.15) is 33.0 Å². The molecule has 1 amide bonds. The van der Waals surface area contributed by atoms with Gasteiger partial charge in [-0.2, -0.15) is 0 Å². The molecule has 5 nitrogen and oxygen atoms in total. The number of hydrogen-bond donors (Lipinski definition) is 0. The second kappa shape index (κ2) is 7.39. The van der Waals surface area contributed by atoms with Crippen LogP contribution in [0.3, 0.4) is 0 Å². The number of carbonyl (C=O) groups is 1. The van der Waals surface area contributed by atoms with Crippen molar-refractivity contribution in [3.63, 3.8) is 0 Å². The molecule has 1 aliphatic heterocycles. The number of carbonyl (C=O) groups excluding carboxylic acids is 1. The zero-order valence-corrected chi connectivity index (χ0v) is 14.7. The molecule has 0 saturated carbocycles. The fourth-order valence-electron chi connectivity index (χ4n) is 2.90. The summed E-state index contributed by atoms with van der Waals surface area (Å²) < 4.78 is 24.5. The molecule has 1 fully saturated rings. The Bertz CT molecular complexity index is 877. The van der Waals surface area contributed by atoms with Gasteiger partial charge in [0.25, 0.3) is 5.91 Å². The summed E-state index contributed by atoms with van der Waals surface area (Å²) in [5.41, 5.74) is 0.938. The van der Waals surface area contributed by atoms with Gasteiger partial charge in [-0.15, -0.1) is 11.3 Å². The van der Waals surface area contributed by atoms with Crippen molar-refractivity contribution in [3.8, 4) is 0 Å². The molecule has 0 spiro atoms. The van der Waals surface area contributed by atoms with Gasteiger partial charge in [-0.25, -0.2) is 9.37 Å². The SMILES string of the molecule is O=C(c1cccs1)N1CCO[C@H](c2ncc(Cc3ccc(F)cc3)o2)C1. The molecule has 0 N–H and O–H groups in total. The van der Waals surface area contributed by atoms with E-state index >= 15 is 0 Å². The lowest BCUT2D eigenvalue weighted by Crippen LogP contribution is -2.42. The monoisotopic (exact) mass is 372 g/mol. The highest BCUT2D eigenvalue weighted by Crippen LogP contribution is 2.25. The molecule has 1 aliphatic rings. The van der Waals surface area contributed by atoms with Crippen LogP contribution in [-0.4, -0.2) is 35.5 Å². The molecule has 0 bridgehead atoms. The summed E-state index contributed by atoms with van der Waals surface area (Å²) in [6, 6.07) is 9.97. The maximum absolute atomic E-state index is 13.0. The topological polar surface area (TPSA) is 55.6 Å². The van der Waals surface area contributed by atoms with Crippen LogP contribution in [0, 0.1) is 5.82 Å². The zero-order chi connectivity index (χ0) is 17.9. The summed E-state index contributed by atoms with van der Waals surface area (Å²) in [6.07, 6.45) is 1.80. The van der Waals surface area contributed by atoms with E-state index in [1.54, 1.807) is 23.2 Å². The third kappa shape index (κ3) is 3.68. The van der Waals surface area contributed by atoms with Gasteiger partial charge in [0.2, 0.25) is 5.89 Å². The molecule has 0 unspecified atom stereocenters. The standard InChI is InChI=1S/C19H17FN2O3S/c20-14-5-3-13(4-6-14)10-15-11-21-18(25-15)16-12-22(7-8-24-16)19(23)17-2-1-9-26-17/h1-6,9,11,16H,7-8,10,12H2/t16-/m0/s1. The molecule has 0 aliphatic carbocycles. The lowest BCUT2D eigenvalue weighted by atomic mass is 10.1. The van der Waals surface area contributed by atoms with E-state index in [2.05, 4.69) is 4.98 Å². The Kier molecular flexibility index (Phi) is 4.81. The van der Waals surface area contributed by atoms with E-state index in [0.717, 1.165) is 10.4 Å². The van der Waals surface area contributed by atoms with Gasteiger partial charge in [-0.3, -0.25) is 4.79 Å². The average molecular weight is 372 g/mol. The van der Waals surface area contributed by atoms with Gasteiger partial charge in [0.15, 0.2) is 6.10 Å². The number of hydrogen-bond acceptors (Lipinski definition) is 5. The third-order valence-corrected chi connectivity index (χ3v) is 5.08. The Morgan fingerprint density at radius 2 is 2.15 bits per heavy atom. The van der Waals surface area contributed by atoms with Crippen molar-refractivity contribution in [2.45, 2.75) is 12.5 Å². The largest absolute Gasteiger partial charge is 0.442 e. The lowest BCUT2D eigenvalue weighted by molar-refractivity contribution is -0.0347. The van der Waals surface area contributed by atoms with Crippen LogP contribution in [0.4, 0.5) is 4.39 Å². The summed E-state index contributed by atoms with van der Waals surface area (Å²) in [5, 5.41) is 1.89. The number of nitrogens with zero attached hydrogens (tertiary/aromatic N) is 2. The second-order valence-electron chi connectivity index (χ2n) is 6.06. The van der Waals surface area contributed by atoms with E-state index in [4.69, 9.17) is 9.15 Å². The molecule has 7 heteroatoms. The van der Waals surface area contributed by atoms with Crippen molar-refractivity contribution in [1.29, 1.82) is 0 Å². The van der Waals surface area contributed by atoms with Gasteiger partial charge >= 0.3 is 0 Å². The molecule has 134 valence electrons. The summed E-state index contributed by atoms with van der Waals surface area (Å²) in [7, 11) is 0. The third-order valence-electron chi connectivity index (χ3n) is 4.22. The van der Waals surface area contributed by atoms with Gasteiger partial charge in [-0.05, 0) is 29.1 Å². The summed E-state index contributed by atoms with van der Waals surface area (Å²) in [5.74, 6) is 0.882. The van der Waals surface area contributed by atoms with Crippen molar-refractivity contribution in [3.05, 3.63) is 75.9 Å². The predicted octanol–water partition coefficient (Wildman–Crippen LogP) is 3.68. The first kappa shape index (κ1) is 16.9. The number of thiophene rings is 1. The van der Waals surface area contributed by atoms with Crippen LogP contribution in [-0.2, 0) is 11.2 Å². The molecule has 1 atom stereocenters. The first-order valence-electron chi connectivity index (χ1n) is 8.32. The normalized spacial score (nSPS) is 17.4. The first-order chi connectivity index (χ1) is 12.7. The van der Waals surface area contributed by atoms with Crippen LogP contribution in [0.15, 0.2) is 52.4 Å². The van der Waals surface area contributed by atoms with Crippen LogP contribution >= 0.6 is 11.3 Å². The van der Waals surface area contributed by atoms with E-state index < -0.39 is 0 Å². The van der Waals surface area contributed by atoms with Crippen molar-refractivity contribution >= 4 is 17.2 Å². The summed E-state index contributed by atoms with van der Waals surface area (Å²) in [4.78, 5) is 19.3. The minimum Gasteiger partial charge on any atom is -0.442 e. The van der Waals surface area contributed by atoms with Gasteiger partial charge < -0.3 is 14.1 Å². The number of benzene rings is 1. The smallest absolute Gasteiger partial charge is 0.264 e. The Labute approximate surface area is 154 Å². The fraction of sp³-hybridized carbons (Fsp3) is 0.263. The van der Waals surface area contributed by atoms with Crippen LogP contribution in [0.5, 0.6) is 0 Å². The number of rotatable bonds is 4. The molecule has 26 heavy (non-hydrogen) atoms. The number of halogens is 1. The molecule has 1 saturated heterocycles. The van der Waals surface area contributed by atoms with Crippen LogP contribution in [0.25, 0.3) is 0 Å². The maximum atomic E-state index is 13.0. The van der Waals surface area contributed by atoms with Crippen molar-refractivity contribution in [2.75, 3.05) is 19.7 Å². The van der Waals surface area contributed by atoms with E-state index in [-0.39, 0.29) is 17.8 Å². The van der Waals surface area contributed by atoms with Gasteiger partial charge in [0, 0.05) is 13.0 Å². The number of aromatic nitrogens is 1. The van der Waals surface area contributed by atoms with Crippen LogP contribution < -0.4 is 0 Å². The Hall–Kier alpha value is -2.51. The van der Waals surface area contributed by atoms with E-state index in [0.29, 0.717) is 37.8 Å². The molecule has 3 heterocycles. The van der Waals surface area contributed by atoms with Gasteiger partial charge in [0.05, 0.1) is 24.2 Å². The number of oxazole rings is 1. The highest BCUT2D eigenvalue weighted by molar-refractivity contribution is 7.12. The molecule has 0 radical (unpaired) electrons. The van der Waals surface area contributed by atoms with Crippen LogP contribution in [0.2, 0.25) is 0 Å². The summed E-state index contributed by atoms with van der Waals surface area (Å²) in [6.45, 7) is 1.40. The molecular weight excluding hydrogens is 355 g/mol. The molecule has 2 aromatic heterocycles. The van der Waals surface area contributed by atoms with Crippen molar-refractivity contribution in [1.82, 2.24) is 9.88 Å². The zero-order valence-electron chi connectivity index (χ0n) is 13.9. The second-order valence-corrected chi connectivity index (χ2v) is 7.00. The Morgan fingerprint density at radius 3 is 2.92 bits per heavy atom. The number of morpholine rings is 1. The van der Waals surface area contributed by atoms with Gasteiger partial charge in [-0.1, -0.05) is 18.2 Å². The highest BCUT2D eigenvalue weighted by atomic mass is 32.1. The Morgan fingerprint density at radius 1 is 1.31 bits per heavy atom. The van der Waals surface area contributed by atoms with Crippen molar-refractivity contribution < 1.29 is 18.3 Å². The average Bonchev–Trinajstić information content (AvgIpc) is 3.35. The highest BCUT2D eigenvalue weighted by Gasteiger charge is 2.29. The lowest BCUT2D eigenvalue weighted by Gasteiger charge is -2.31. The minimum absolute atomic E-state index is 0.00592. The molecular formula is C19H17FN2O3S. The quantitative estimate of drug-likeness (QED) is 0.701. The number of ether oxygens (including phenoxy) is 1. The predicted molar refractivity (Wildman–Crippen MR) is 94.6 cm³/mol.